The largest absolute Gasteiger partial charge is 0.330 e. The number of pyridine rings is 1. The molecule has 1 heterocycles. The van der Waals surface area contributed by atoms with Crippen LogP contribution in [0, 0.1) is 0 Å². The maximum atomic E-state index is 13.4. The summed E-state index contributed by atoms with van der Waals surface area (Å²) >= 11 is 0. The van der Waals surface area contributed by atoms with Gasteiger partial charge in [-0.05, 0) is 25.0 Å². The predicted octanol–water partition coefficient (Wildman–Crippen LogP) is 3.64. The van der Waals surface area contributed by atoms with E-state index in [9.17, 15) is 8.78 Å². The predicted molar refractivity (Wildman–Crippen MR) is 75.9 cm³/mol. The van der Waals surface area contributed by atoms with Crippen molar-refractivity contribution in [2.75, 3.05) is 6.54 Å². The summed E-state index contributed by atoms with van der Waals surface area (Å²) in [5.74, 6) is -2.55. The molecule has 106 valence electrons. The van der Waals surface area contributed by atoms with Crippen LogP contribution in [0.25, 0.3) is 10.9 Å². The minimum Gasteiger partial charge on any atom is -0.330 e. The molecule has 2 N–H and O–H groups in total. The Labute approximate surface area is 117 Å². The molecule has 1 fully saturated rings. The maximum Gasteiger partial charge on any atom is 0.248 e. The van der Waals surface area contributed by atoms with Gasteiger partial charge in [-0.2, -0.15) is 0 Å². The number of alkyl halides is 2. The molecule has 0 spiro atoms. The Bertz CT molecular complexity index is 615. The van der Waals surface area contributed by atoms with Crippen molar-refractivity contribution < 1.29 is 8.78 Å². The standard InChI is InChI=1S/C16H18F2N2/c17-16(18)9-7-15(11-19,8-10-16)14-6-5-12-3-1-2-4-13(12)20-14/h1-6H,7-11,19H2. The molecule has 1 aromatic carbocycles. The van der Waals surface area contributed by atoms with Crippen LogP contribution in [0.15, 0.2) is 36.4 Å². The number of benzene rings is 1. The quantitative estimate of drug-likeness (QED) is 0.909. The van der Waals surface area contributed by atoms with Crippen molar-refractivity contribution in [2.45, 2.75) is 37.0 Å². The highest BCUT2D eigenvalue weighted by molar-refractivity contribution is 5.78. The highest BCUT2D eigenvalue weighted by atomic mass is 19.3. The molecule has 0 radical (unpaired) electrons. The molecule has 2 aromatic rings. The molecule has 0 unspecified atom stereocenters. The Kier molecular flexibility index (Phi) is 3.21. The summed E-state index contributed by atoms with van der Waals surface area (Å²) in [5.41, 5.74) is 7.27. The van der Waals surface area contributed by atoms with Crippen molar-refractivity contribution in [3.05, 3.63) is 42.1 Å². The molecule has 1 saturated carbocycles. The maximum absolute atomic E-state index is 13.4. The first-order valence-electron chi connectivity index (χ1n) is 6.99. The Hall–Kier alpha value is -1.55. The summed E-state index contributed by atoms with van der Waals surface area (Å²) in [6.07, 6.45) is 0.612. The van der Waals surface area contributed by atoms with Crippen LogP contribution in [-0.4, -0.2) is 17.5 Å². The van der Waals surface area contributed by atoms with Crippen molar-refractivity contribution >= 4 is 10.9 Å². The first kappa shape index (κ1) is 13.4. The van der Waals surface area contributed by atoms with E-state index in [-0.39, 0.29) is 12.8 Å². The number of rotatable bonds is 2. The van der Waals surface area contributed by atoms with E-state index in [1.807, 2.05) is 36.4 Å². The van der Waals surface area contributed by atoms with Crippen molar-refractivity contribution in [2.24, 2.45) is 5.73 Å². The number of hydrogen-bond donors (Lipinski definition) is 1. The monoisotopic (exact) mass is 276 g/mol. The minimum atomic E-state index is -2.55. The van der Waals surface area contributed by atoms with E-state index in [1.165, 1.54) is 0 Å². The number of para-hydroxylation sites is 1. The summed E-state index contributed by atoms with van der Waals surface area (Å²) in [6, 6.07) is 11.8. The van der Waals surface area contributed by atoms with Crippen molar-refractivity contribution in [1.82, 2.24) is 4.98 Å². The van der Waals surface area contributed by atoms with Gasteiger partial charge >= 0.3 is 0 Å². The average Bonchev–Trinajstić information content (AvgIpc) is 2.47. The fraction of sp³-hybridized carbons (Fsp3) is 0.438. The highest BCUT2D eigenvalue weighted by Crippen LogP contribution is 2.44. The number of nitrogens with zero attached hydrogens (tertiary/aromatic N) is 1. The lowest BCUT2D eigenvalue weighted by Crippen LogP contribution is -2.42. The first-order chi connectivity index (χ1) is 9.55. The van der Waals surface area contributed by atoms with Crippen molar-refractivity contribution in [3.8, 4) is 0 Å². The van der Waals surface area contributed by atoms with Crippen LogP contribution in [0.1, 0.15) is 31.4 Å². The number of fused-ring (bicyclic) bond motifs is 1. The lowest BCUT2D eigenvalue weighted by atomic mass is 9.70. The van der Waals surface area contributed by atoms with Crippen LogP contribution in [0.5, 0.6) is 0 Å². The van der Waals surface area contributed by atoms with Crippen LogP contribution in [0.3, 0.4) is 0 Å². The number of aromatic nitrogens is 1. The normalized spacial score (nSPS) is 20.9. The zero-order valence-electron chi connectivity index (χ0n) is 11.3. The SMILES string of the molecule is NCC1(c2ccc3ccccc3n2)CCC(F)(F)CC1. The van der Waals surface area contributed by atoms with Crippen molar-refractivity contribution in [3.63, 3.8) is 0 Å². The van der Waals surface area contributed by atoms with Gasteiger partial charge in [-0.3, -0.25) is 4.98 Å². The van der Waals surface area contributed by atoms with Gasteiger partial charge in [-0.1, -0.05) is 24.3 Å². The molecule has 4 heteroatoms. The summed E-state index contributed by atoms with van der Waals surface area (Å²) in [4.78, 5) is 4.66. The second-order valence-electron chi connectivity index (χ2n) is 5.73. The lowest BCUT2D eigenvalue weighted by molar-refractivity contribution is -0.0513. The molecule has 3 rings (SSSR count). The van der Waals surface area contributed by atoms with Crippen LogP contribution < -0.4 is 5.73 Å². The highest BCUT2D eigenvalue weighted by Gasteiger charge is 2.44. The fourth-order valence-electron chi connectivity index (χ4n) is 3.02. The van der Waals surface area contributed by atoms with Gasteiger partial charge in [0, 0.05) is 35.9 Å². The number of hydrogen-bond acceptors (Lipinski definition) is 2. The third kappa shape index (κ3) is 2.29. The molecule has 20 heavy (non-hydrogen) atoms. The van der Waals surface area contributed by atoms with Gasteiger partial charge in [0.1, 0.15) is 0 Å². The van der Waals surface area contributed by atoms with Gasteiger partial charge in [-0.15, -0.1) is 0 Å². The van der Waals surface area contributed by atoms with E-state index in [1.54, 1.807) is 0 Å². The molecule has 0 bridgehead atoms. The molecule has 0 aliphatic heterocycles. The smallest absolute Gasteiger partial charge is 0.248 e. The van der Waals surface area contributed by atoms with Gasteiger partial charge in [-0.25, -0.2) is 8.78 Å². The molecular formula is C16H18F2N2. The Morgan fingerprint density at radius 1 is 1.00 bits per heavy atom. The van der Waals surface area contributed by atoms with E-state index in [0.29, 0.717) is 19.4 Å². The van der Waals surface area contributed by atoms with E-state index in [4.69, 9.17) is 5.73 Å². The first-order valence-corrected chi connectivity index (χ1v) is 6.99. The fourth-order valence-corrected chi connectivity index (χ4v) is 3.02. The van der Waals surface area contributed by atoms with E-state index < -0.39 is 11.3 Å². The Balaban J connectivity index is 1.99. The zero-order valence-corrected chi connectivity index (χ0v) is 11.3. The summed E-state index contributed by atoms with van der Waals surface area (Å²) in [7, 11) is 0. The van der Waals surface area contributed by atoms with E-state index in [0.717, 1.165) is 16.6 Å². The second kappa shape index (κ2) is 4.77. The third-order valence-electron chi connectivity index (χ3n) is 4.47. The topological polar surface area (TPSA) is 38.9 Å². The number of nitrogens with two attached hydrogens (primary N) is 1. The Morgan fingerprint density at radius 3 is 2.40 bits per heavy atom. The van der Waals surface area contributed by atoms with E-state index >= 15 is 0 Å². The van der Waals surface area contributed by atoms with Crippen molar-refractivity contribution in [1.29, 1.82) is 0 Å². The van der Waals surface area contributed by atoms with Gasteiger partial charge in [0.05, 0.1) is 5.52 Å². The summed E-state index contributed by atoms with van der Waals surface area (Å²) in [5, 5.41) is 1.06. The molecule has 1 aliphatic carbocycles. The summed E-state index contributed by atoms with van der Waals surface area (Å²) < 4.78 is 26.8. The average molecular weight is 276 g/mol. The van der Waals surface area contributed by atoms with Gasteiger partial charge < -0.3 is 5.73 Å². The molecule has 0 amide bonds. The van der Waals surface area contributed by atoms with Crippen LogP contribution >= 0.6 is 0 Å². The zero-order chi connectivity index (χ0) is 14.2. The van der Waals surface area contributed by atoms with Gasteiger partial charge in [0.25, 0.3) is 0 Å². The van der Waals surface area contributed by atoms with Gasteiger partial charge in [0.2, 0.25) is 5.92 Å². The summed E-state index contributed by atoms with van der Waals surface area (Å²) in [6.45, 7) is 0.369. The third-order valence-corrected chi connectivity index (χ3v) is 4.47. The molecule has 0 atom stereocenters. The van der Waals surface area contributed by atoms with Crippen LogP contribution in [0.4, 0.5) is 8.78 Å². The van der Waals surface area contributed by atoms with Gasteiger partial charge in [0.15, 0.2) is 0 Å². The molecule has 1 aliphatic rings. The Morgan fingerprint density at radius 2 is 1.70 bits per heavy atom. The molecular weight excluding hydrogens is 258 g/mol. The number of halogens is 2. The van der Waals surface area contributed by atoms with Crippen LogP contribution in [0.2, 0.25) is 0 Å². The lowest BCUT2D eigenvalue weighted by Gasteiger charge is -2.39. The molecule has 0 saturated heterocycles. The van der Waals surface area contributed by atoms with Crippen LogP contribution in [-0.2, 0) is 5.41 Å². The molecule has 2 nitrogen and oxygen atoms in total. The van der Waals surface area contributed by atoms with E-state index in [2.05, 4.69) is 4.98 Å². The second-order valence-corrected chi connectivity index (χ2v) is 5.73. The minimum absolute atomic E-state index is 0.0985. The molecule has 1 aromatic heterocycles.